The van der Waals surface area contributed by atoms with Crippen LogP contribution < -0.4 is 4.74 Å². The SMILES string of the molecule is O=C(N=C1OCC(COc2ccccc2)S1)c1ccccc1. The van der Waals surface area contributed by atoms with Crippen LogP contribution >= 0.6 is 11.8 Å². The van der Waals surface area contributed by atoms with E-state index in [1.54, 1.807) is 12.1 Å². The number of ether oxygens (including phenoxy) is 2. The first kappa shape index (κ1) is 14.7. The van der Waals surface area contributed by atoms with E-state index in [2.05, 4.69) is 4.99 Å². The van der Waals surface area contributed by atoms with E-state index >= 15 is 0 Å². The fourth-order valence-electron chi connectivity index (χ4n) is 1.95. The number of rotatable bonds is 4. The summed E-state index contributed by atoms with van der Waals surface area (Å²) in [7, 11) is 0. The van der Waals surface area contributed by atoms with Crippen molar-refractivity contribution in [3.8, 4) is 5.75 Å². The van der Waals surface area contributed by atoms with Gasteiger partial charge in [0.25, 0.3) is 11.1 Å². The highest BCUT2D eigenvalue weighted by atomic mass is 32.2. The van der Waals surface area contributed by atoms with Gasteiger partial charge in [-0.1, -0.05) is 48.2 Å². The minimum absolute atomic E-state index is 0.141. The minimum Gasteiger partial charge on any atom is -0.492 e. The summed E-state index contributed by atoms with van der Waals surface area (Å²) in [4.78, 5) is 16.0. The Labute approximate surface area is 133 Å². The monoisotopic (exact) mass is 313 g/mol. The maximum Gasteiger partial charge on any atom is 0.280 e. The van der Waals surface area contributed by atoms with Crippen molar-refractivity contribution in [3.05, 3.63) is 66.2 Å². The predicted molar refractivity (Wildman–Crippen MR) is 87.5 cm³/mol. The molecule has 3 rings (SSSR count). The number of aliphatic imine (C=N–C) groups is 1. The van der Waals surface area contributed by atoms with Crippen molar-refractivity contribution < 1.29 is 14.3 Å². The molecule has 0 aromatic heterocycles. The van der Waals surface area contributed by atoms with Gasteiger partial charge in [-0.15, -0.1) is 0 Å². The molecule has 4 nitrogen and oxygen atoms in total. The van der Waals surface area contributed by atoms with Crippen molar-refractivity contribution in [2.24, 2.45) is 4.99 Å². The summed E-state index contributed by atoms with van der Waals surface area (Å²) >= 11 is 1.43. The Bertz CT molecular complexity index is 658. The largest absolute Gasteiger partial charge is 0.492 e. The highest BCUT2D eigenvalue weighted by molar-refractivity contribution is 8.14. The van der Waals surface area contributed by atoms with Gasteiger partial charge in [-0.05, 0) is 24.3 Å². The molecule has 0 saturated carbocycles. The summed E-state index contributed by atoms with van der Waals surface area (Å²) in [5.74, 6) is 0.543. The van der Waals surface area contributed by atoms with E-state index in [9.17, 15) is 4.79 Å². The van der Waals surface area contributed by atoms with Gasteiger partial charge >= 0.3 is 0 Å². The number of carbonyl (C=O) groups is 1. The fraction of sp³-hybridized carbons (Fsp3) is 0.176. The lowest BCUT2D eigenvalue weighted by molar-refractivity contribution is 0.1000. The zero-order valence-corrected chi connectivity index (χ0v) is 12.7. The highest BCUT2D eigenvalue weighted by Crippen LogP contribution is 2.24. The van der Waals surface area contributed by atoms with Crippen molar-refractivity contribution in [2.75, 3.05) is 13.2 Å². The number of amides is 1. The summed E-state index contributed by atoms with van der Waals surface area (Å²) in [5.41, 5.74) is 0.559. The lowest BCUT2D eigenvalue weighted by atomic mass is 10.2. The number of para-hydroxylation sites is 1. The first-order valence-electron chi connectivity index (χ1n) is 6.96. The van der Waals surface area contributed by atoms with Crippen LogP contribution in [0.4, 0.5) is 0 Å². The van der Waals surface area contributed by atoms with Crippen LogP contribution in [0.1, 0.15) is 10.4 Å². The van der Waals surface area contributed by atoms with Crippen LogP contribution in [0.3, 0.4) is 0 Å². The molecule has 1 aliphatic rings. The molecule has 22 heavy (non-hydrogen) atoms. The van der Waals surface area contributed by atoms with Gasteiger partial charge in [0.15, 0.2) is 0 Å². The molecule has 0 spiro atoms. The smallest absolute Gasteiger partial charge is 0.280 e. The van der Waals surface area contributed by atoms with E-state index in [1.807, 2.05) is 48.5 Å². The van der Waals surface area contributed by atoms with Crippen molar-refractivity contribution in [1.82, 2.24) is 0 Å². The average Bonchev–Trinajstić information content (AvgIpc) is 3.02. The van der Waals surface area contributed by atoms with E-state index in [4.69, 9.17) is 9.47 Å². The normalized spacial score (nSPS) is 18.9. The lowest BCUT2D eigenvalue weighted by Gasteiger charge is -2.08. The van der Waals surface area contributed by atoms with Crippen molar-refractivity contribution >= 4 is 22.9 Å². The molecule has 0 radical (unpaired) electrons. The maximum absolute atomic E-state index is 12.0. The van der Waals surface area contributed by atoms with Crippen LogP contribution in [0, 0.1) is 0 Å². The number of benzene rings is 2. The number of hydrogen-bond donors (Lipinski definition) is 0. The van der Waals surface area contributed by atoms with Crippen LogP contribution in [0.2, 0.25) is 0 Å². The maximum atomic E-state index is 12.0. The van der Waals surface area contributed by atoms with Crippen LogP contribution in [-0.2, 0) is 4.74 Å². The molecule has 0 bridgehead atoms. The third-order valence-corrected chi connectivity index (χ3v) is 4.07. The predicted octanol–water partition coefficient (Wildman–Crippen LogP) is 3.39. The molecule has 112 valence electrons. The Hall–Kier alpha value is -2.27. The molecular weight excluding hydrogens is 298 g/mol. The van der Waals surface area contributed by atoms with Gasteiger partial charge in [0.2, 0.25) is 0 Å². The van der Waals surface area contributed by atoms with Gasteiger partial charge in [0.05, 0.1) is 5.25 Å². The van der Waals surface area contributed by atoms with Crippen LogP contribution in [0.15, 0.2) is 65.7 Å². The van der Waals surface area contributed by atoms with E-state index in [1.165, 1.54) is 11.8 Å². The summed E-state index contributed by atoms with van der Waals surface area (Å²) in [6, 6.07) is 18.6. The molecule has 0 aliphatic carbocycles. The Kier molecular flexibility index (Phi) is 4.75. The molecule has 1 saturated heterocycles. The molecule has 5 heteroatoms. The van der Waals surface area contributed by atoms with Gasteiger partial charge in [-0.3, -0.25) is 4.79 Å². The number of thioether (sulfide) groups is 1. The second-order valence-corrected chi connectivity index (χ2v) is 5.98. The van der Waals surface area contributed by atoms with E-state index < -0.39 is 0 Å². The van der Waals surface area contributed by atoms with Crippen LogP contribution in [0.25, 0.3) is 0 Å². The molecule has 1 amide bonds. The average molecular weight is 313 g/mol. The van der Waals surface area contributed by atoms with Gasteiger partial charge in [0.1, 0.15) is 19.0 Å². The Morgan fingerprint density at radius 1 is 1.14 bits per heavy atom. The van der Waals surface area contributed by atoms with Gasteiger partial charge < -0.3 is 9.47 Å². The first-order chi connectivity index (χ1) is 10.8. The van der Waals surface area contributed by atoms with Crippen molar-refractivity contribution in [3.63, 3.8) is 0 Å². The fourth-order valence-corrected chi connectivity index (χ4v) is 2.78. The summed E-state index contributed by atoms with van der Waals surface area (Å²) in [5, 5.41) is 0.554. The third kappa shape index (κ3) is 3.89. The molecule has 1 heterocycles. The minimum atomic E-state index is -0.285. The standard InChI is InChI=1S/C17H15NO3S/c19-16(13-7-3-1-4-8-13)18-17-21-12-15(22-17)11-20-14-9-5-2-6-10-14/h1-10,15H,11-12H2. The second-order valence-electron chi connectivity index (χ2n) is 4.72. The van der Waals surface area contributed by atoms with Crippen LogP contribution in [0.5, 0.6) is 5.75 Å². The molecule has 0 N–H and O–H groups in total. The molecule has 1 unspecified atom stereocenters. The number of carbonyl (C=O) groups excluding carboxylic acids is 1. The summed E-state index contributed by atoms with van der Waals surface area (Å²) < 4.78 is 11.1. The van der Waals surface area contributed by atoms with E-state index in [-0.39, 0.29) is 11.2 Å². The Morgan fingerprint density at radius 2 is 1.82 bits per heavy atom. The molecular formula is C17H15NO3S. The van der Waals surface area contributed by atoms with E-state index in [0.717, 1.165) is 5.75 Å². The van der Waals surface area contributed by atoms with Gasteiger partial charge in [0, 0.05) is 5.56 Å². The highest BCUT2D eigenvalue weighted by Gasteiger charge is 2.25. The molecule has 2 aromatic carbocycles. The quantitative estimate of drug-likeness (QED) is 0.868. The first-order valence-corrected chi connectivity index (χ1v) is 7.84. The summed E-state index contributed by atoms with van der Waals surface area (Å²) in [6.07, 6.45) is 0. The zero-order valence-electron chi connectivity index (χ0n) is 11.8. The van der Waals surface area contributed by atoms with Crippen LogP contribution in [-0.4, -0.2) is 29.6 Å². The van der Waals surface area contributed by atoms with Gasteiger partial charge in [-0.2, -0.15) is 4.99 Å². The number of nitrogens with zero attached hydrogens (tertiary/aromatic N) is 1. The molecule has 1 atom stereocenters. The Morgan fingerprint density at radius 3 is 2.55 bits per heavy atom. The van der Waals surface area contributed by atoms with Crippen molar-refractivity contribution in [2.45, 2.75) is 5.25 Å². The lowest BCUT2D eigenvalue weighted by Crippen LogP contribution is -2.14. The second kappa shape index (κ2) is 7.13. The van der Waals surface area contributed by atoms with E-state index in [0.29, 0.717) is 24.0 Å². The van der Waals surface area contributed by atoms with Crippen molar-refractivity contribution in [1.29, 1.82) is 0 Å². The van der Waals surface area contributed by atoms with Gasteiger partial charge in [-0.25, -0.2) is 0 Å². The zero-order chi connectivity index (χ0) is 15.2. The molecule has 1 fully saturated rings. The topological polar surface area (TPSA) is 47.9 Å². The summed E-state index contributed by atoms with van der Waals surface area (Å²) in [6.45, 7) is 1.02. The number of hydrogen-bond acceptors (Lipinski definition) is 4. The Balaban J connectivity index is 1.54. The molecule has 2 aromatic rings. The molecule has 1 aliphatic heterocycles. The third-order valence-electron chi connectivity index (χ3n) is 3.05.